The number of para-hydroxylation sites is 1. The largest absolute Gasteiger partial charge is 0.496 e. The number of benzene rings is 2. The maximum Gasteiger partial charge on any atom is 0.229 e. The van der Waals surface area contributed by atoms with E-state index in [1.807, 2.05) is 41.3 Å². The first-order valence-electron chi connectivity index (χ1n) is 12.3. The van der Waals surface area contributed by atoms with Gasteiger partial charge in [0.15, 0.2) is 0 Å². The number of rotatable bonds is 7. The summed E-state index contributed by atoms with van der Waals surface area (Å²) in [5, 5.41) is 0. The highest BCUT2D eigenvalue weighted by Gasteiger charge is 2.52. The van der Waals surface area contributed by atoms with Gasteiger partial charge in [0.1, 0.15) is 11.6 Å². The number of amides is 2. The Morgan fingerprint density at radius 1 is 1.12 bits per heavy atom. The molecule has 0 N–H and O–H groups in total. The monoisotopic (exact) mass is 466 g/mol. The lowest BCUT2D eigenvalue weighted by molar-refractivity contribution is -0.143. The molecule has 34 heavy (non-hydrogen) atoms. The van der Waals surface area contributed by atoms with E-state index in [2.05, 4.69) is 18.7 Å². The molecule has 0 radical (unpaired) electrons. The Morgan fingerprint density at radius 3 is 2.44 bits per heavy atom. The number of ether oxygens (including phenoxy) is 1. The van der Waals surface area contributed by atoms with Crippen molar-refractivity contribution in [3.8, 4) is 5.75 Å². The van der Waals surface area contributed by atoms with E-state index in [0.29, 0.717) is 38.3 Å². The average Bonchev–Trinajstić information content (AvgIpc) is 3.06. The summed E-state index contributed by atoms with van der Waals surface area (Å²) in [7, 11) is 1.62. The highest BCUT2D eigenvalue weighted by molar-refractivity contribution is 5.86. The Bertz CT molecular complexity index is 1010. The molecule has 0 aromatic heterocycles. The van der Waals surface area contributed by atoms with Gasteiger partial charge in [-0.15, -0.1) is 0 Å². The molecule has 2 saturated heterocycles. The minimum atomic E-state index is -0.402. The summed E-state index contributed by atoms with van der Waals surface area (Å²) >= 11 is 0. The third-order valence-corrected chi connectivity index (χ3v) is 7.34. The van der Waals surface area contributed by atoms with E-state index in [0.717, 1.165) is 36.3 Å². The van der Waals surface area contributed by atoms with Crippen LogP contribution in [0.3, 0.4) is 0 Å². The number of halogens is 1. The van der Waals surface area contributed by atoms with Crippen LogP contribution in [0.15, 0.2) is 48.5 Å². The zero-order valence-electron chi connectivity index (χ0n) is 20.4. The second-order valence-electron chi connectivity index (χ2n) is 10.2. The average molecular weight is 467 g/mol. The van der Waals surface area contributed by atoms with Crippen molar-refractivity contribution in [2.45, 2.75) is 52.0 Å². The van der Waals surface area contributed by atoms with E-state index in [4.69, 9.17) is 4.74 Å². The SMILES string of the molecule is COc1ccccc1CC(=O)N1CCC2(CC1)CC(Cc1ccc(F)cc1)N(CC(C)C)C2=O. The molecule has 0 saturated carbocycles. The molecule has 6 heteroatoms. The molecule has 2 aromatic rings. The van der Waals surface area contributed by atoms with Crippen molar-refractivity contribution in [2.24, 2.45) is 11.3 Å². The van der Waals surface area contributed by atoms with Crippen molar-refractivity contribution >= 4 is 11.8 Å². The number of likely N-dealkylation sites (tertiary alicyclic amines) is 2. The molecule has 4 rings (SSSR count). The molecular formula is C28H35FN2O3. The fourth-order valence-electron chi connectivity index (χ4n) is 5.55. The van der Waals surface area contributed by atoms with Crippen LogP contribution in [0.2, 0.25) is 0 Å². The first-order valence-corrected chi connectivity index (χ1v) is 12.3. The van der Waals surface area contributed by atoms with E-state index in [9.17, 15) is 14.0 Å². The fourth-order valence-corrected chi connectivity index (χ4v) is 5.55. The number of hydrogen-bond donors (Lipinski definition) is 0. The minimum absolute atomic E-state index is 0.0756. The normalized spacial score (nSPS) is 19.8. The number of carbonyl (C=O) groups is 2. The summed E-state index contributed by atoms with van der Waals surface area (Å²) in [5.74, 6) is 1.16. The van der Waals surface area contributed by atoms with Gasteiger partial charge >= 0.3 is 0 Å². The Balaban J connectivity index is 1.44. The molecule has 2 heterocycles. The third-order valence-electron chi connectivity index (χ3n) is 7.34. The lowest BCUT2D eigenvalue weighted by Gasteiger charge is -2.38. The minimum Gasteiger partial charge on any atom is -0.496 e. The van der Waals surface area contributed by atoms with Gasteiger partial charge < -0.3 is 14.5 Å². The van der Waals surface area contributed by atoms with Gasteiger partial charge in [0.25, 0.3) is 0 Å². The molecule has 2 aliphatic rings. The molecule has 0 bridgehead atoms. The highest BCUT2D eigenvalue weighted by Crippen LogP contribution is 2.45. The standard InChI is InChI=1S/C28H35FN2O3/c1-20(2)19-31-24(16-21-8-10-23(29)11-9-21)18-28(27(31)33)12-14-30(15-13-28)26(32)17-22-6-4-5-7-25(22)34-3/h4-11,20,24H,12-19H2,1-3H3. The predicted octanol–water partition coefficient (Wildman–Crippen LogP) is 4.49. The van der Waals surface area contributed by atoms with Gasteiger partial charge in [0.05, 0.1) is 18.9 Å². The van der Waals surface area contributed by atoms with E-state index >= 15 is 0 Å². The van der Waals surface area contributed by atoms with Crippen molar-refractivity contribution in [3.05, 3.63) is 65.5 Å². The number of nitrogens with zero attached hydrogens (tertiary/aromatic N) is 2. The lowest BCUT2D eigenvalue weighted by atomic mass is 9.75. The lowest BCUT2D eigenvalue weighted by Crippen LogP contribution is -2.47. The van der Waals surface area contributed by atoms with Crippen LogP contribution < -0.4 is 4.74 Å². The van der Waals surface area contributed by atoms with Crippen molar-refractivity contribution in [1.82, 2.24) is 9.80 Å². The predicted molar refractivity (Wildman–Crippen MR) is 130 cm³/mol. The Hall–Kier alpha value is -2.89. The topological polar surface area (TPSA) is 49.9 Å². The smallest absolute Gasteiger partial charge is 0.229 e. The van der Waals surface area contributed by atoms with Gasteiger partial charge in [-0.05, 0) is 55.4 Å². The molecule has 2 amide bonds. The van der Waals surface area contributed by atoms with E-state index in [1.54, 1.807) is 7.11 Å². The number of carbonyl (C=O) groups excluding carboxylic acids is 2. The number of hydrogen-bond acceptors (Lipinski definition) is 3. The van der Waals surface area contributed by atoms with Crippen LogP contribution in [-0.4, -0.2) is 54.4 Å². The summed E-state index contributed by atoms with van der Waals surface area (Å²) in [6, 6.07) is 14.3. The molecule has 2 fully saturated rings. The van der Waals surface area contributed by atoms with Crippen molar-refractivity contribution in [1.29, 1.82) is 0 Å². The zero-order valence-corrected chi connectivity index (χ0v) is 20.4. The van der Waals surface area contributed by atoms with Crippen molar-refractivity contribution in [2.75, 3.05) is 26.7 Å². The van der Waals surface area contributed by atoms with Crippen LogP contribution in [0, 0.1) is 17.2 Å². The summed E-state index contributed by atoms with van der Waals surface area (Å²) in [5.41, 5.74) is 1.53. The van der Waals surface area contributed by atoms with Crippen LogP contribution in [0.1, 0.15) is 44.2 Å². The summed E-state index contributed by atoms with van der Waals surface area (Å²) in [6.07, 6.45) is 3.22. The van der Waals surface area contributed by atoms with E-state index in [-0.39, 0.29) is 23.7 Å². The van der Waals surface area contributed by atoms with Crippen LogP contribution in [0.25, 0.3) is 0 Å². The van der Waals surface area contributed by atoms with Crippen molar-refractivity contribution in [3.63, 3.8) is 0 Å². The number of piperidine rings is 1. The Labute approximate surface area is 201 Å². The molecule has 2 aromatic carbocycles. The fraction of sp³-hybridized carbons (Fsp3) is 0.500. The van der Waals surface area contributed by atoms with Crippen LogP contribution in [0.5, 0.6) is 5.75 Å². The second-order valence-corrected chi connectivity index (χ2v) is 10.2. The summed E-state index contributed by atoms with van der Waals surface area (Å²) < 4.78 is 18.8. The van der Waals surface area contributed by atoms with Crippen LogP contribution in [-0.2, 0) is 22.4 Å². The third kappa shape index (κ3) is 5.11. The van der Waals surface area contributed by atoms with Gasteiger partial charge in [0, 0.05) is 31.2 Å². The van der Waals surface area contributed by atoms with E-state index in [1.165, 1.54) is 12.1 Å². The molecular weight excluding hydrogens is 431 g/mol. The molecule has 182 valence electrons. The molecule has 1 spiro atoms. The molecule has 0 aliphatic carbocycles. The zero-order chi connectivity index (χ0) is 24.3. The molecule has 1 atom stereocenters. The Kier molecular flexibility index (Phi) is 7.24. The molecule has 5 nitrogen and oxygen atoms in total. The molecule has 1 unspecified atom stereocenters. The van der Waals surface area contributed by atoms with Crippen LogP contribution >= 0.6 is 0 Å². The Morgan fingerprint density at radius 2 is 1.79 bits per heavy atom. The maximum atomic E-state index is 13.7. The number of methoxy groups -OCH3 is 1. The first-order chi connectivity index (χ1) is 16.3. The maximum absolute atomic E-state index is 13.7. The summed E-state index contributed by atoms with van der Waals surface area (Å²) in [4.78, 5) is 30.6. The van der Waals surface area contributed by atoms with Gasteiger partial charge in [-0.2, -0.15) is 0 Å². The van der Waals surface area contributed by atoms with E-state index < -0.39 is 5.41 Å². The van der Waals surface area contributed by atoms with Gasteiger partial charge in [-0.3, -0.25) is 9.59 Å². The highest BCUT2D eigenvalue weighted by atomic mass is 19.1. The van der Waals surface area contributed by atoms with Crippen molar-refractivity contribution < 1.29 is 18.7 Å². The van der Waals surface area contributed by atoms with Gasteiger partial charge in [0.2, 0.25) is 11.8 Å². The van der Waals surface area contributed by atoms with Gasteiger partial charge in [-0.25, -0.2) is 4.39 Å². The first kappa shape index (κ1) is 24.2. The quantitative estimate of drug-likeness (QED) is 0.604. The van der Waals surface area contributed by atoms with Gasteiger partial charge in [-0.1, -0.05) is 44.2 Å². The second kappa shape index (κ2) is 10.2. The molecule has 2 aliphatic heterocycles. The summed E-state index contributed by atoms with van der Waals surface area (Å²) in [6.45, 7) is 6.18. The van der Waals surface area contributed by atoms with Crippen LogP contribution in [0.4, 0.5) is 4.39 Å².